The summed E-state index contributed by atoms with van der Waals surface area (Å²) in [5.41, 5.74) is 0.839. The summed E-state index contributed by atoms with van der Waals surface area (Å²) < 4.78 is 11.2. The van der Waals surface area contributed by atoms with Crippen LogP contribution in [0.4, 0.5) is 0 Å². The monoisotopic (exact) mass is 283 g/mol. The molecule has 2 heterocycles. The van der Waals surface area contributed by atoms with Gasteiger partial charge in [-0.15, -0.1) is 0 Å². The molecule has 1 aliphatic rings. The third-order valence-corrected chi connectivity index (χ3v) is 4.03. The maximum Gasteiger partial charge on any atom is 0.237 e. The molecule has 1 saturated heterocycles. The molecule has 0 bridgehead atoms. The predicted octanol–water partition coefficient (Wildman–Crippen LogP) is 1.66. The molecule has 1 aliphatic heterocycles. The summed E-state index contributed by atoms with van der Waals surface area (Å²) in [5, 5.41) is 3.51. The van der Waals surface area contributed by atoms with Gasteiger partial charge in [-0.2, -0.15) is 11.8 Å². The van der Waals surface area contributed by atoms with E-state index in [1.165, 1.54) is 0 Å². The summed E-state index contributed by atoms with van der Waals surface area (Å²) in [4.78, 5) is 8.67. The first-order valence-corrected chi connectivity index (χ1v) is 7.80. The van der Waals surface area contributed by atoms with Crippen molar-refractivity contribution in [3.05, 3.63) is 18.1 Å². The lowest BCUT2D eigenvalue weighted by Crippen LogP contribution is -2.39. The van der Waals surface area contributed by atoms with E-state index in [0.29, 0.717) is 5.88 Å². The van der Waals surface area contributed by atoms with Crippen molar-refractivity contribution in [1.29, 1.82) is 0 Å². The maximum absolute atomic E-state index is 5.88. The Balaban J connectivity index is 2.19. The Morgan fingerprint density at radius 3 is 3.05 bits per heavy atom. The van der Waals surface area contributed by atoms with Crippen LogP contribution in [0.15, 0.2) is 12.4 Å². The predicted molar refractivity (Wildman–Crippen MR) is 76.7 cm³/mol. The van der Waals surface area contributed by atoms with E-state index in [2.05, 4.69) is 22.2 Å². The second-order valence-corrected chi connectivity index (χ2v) is 5.52. The van der Waals surface area contributed by atoms with Gasteiger partial charge in [0.15, 0.2) is 0 Å². The van der Waals surface area contributed by atoms with Crippen LogP contribution >= 0.6 is 11.8 Å². The fourth-order valence-electron chi connectivity index (χ4n) is 2.11. The molecule has 0 aromatic carbocycles. The topological polar surface area (TPSA) is 56.3 Å². The lowest BCUT2D eigenvalue weighted by Gasteiger charge is -2.30. The fourth-order valence-corrected chi connectivity index (χ4v) is 3.01. The molecule has 0 radical (unpaired) electrons. The molecule has 2 unspecified atom stereocenters. The SMILES string of the molecule is CCCNC(c1nccnc1OC)C1CSCCO1. The normalized spacial score (nSPS) is 21.1. The van der Waals surface area contributed by atoms with Crippen molar-refractivity contribution < 1.29 is 9.47 Å². The molecule has 2 atom stereocenters. The minimum Gasteiger partial charge on any atom is -0.480 e. The fraction of sp³-hybridized carbons (Fsp3) is 0.692. The number of ether oxygens (including phenoxy) is 2. The first kappa shape index (κ1) is 14.6. The number of rotatable bonds is 6. The van der Waals surface area contributed by atoms with Gasteiger partial charge in [0, 0.05) is 23.9 Å². The minimum absolute atomic E-state index is 0.0383. The van der Waals surface area contributed by atoms with E-state index >= 15 is 0 Å². The van der Waals surface area contributed by atoms with Crippen molar-refractivity contribution in [3.8, 4) is 5.88 Å². The summed E-state index contributed by atoms with van der Waals surface area (Å²) in [6, 6.07) is 0.0383. The molecule has 106 valence electrons. The first-order chi connectivity index (χ1) is 9.36. The van der Waals surface area contributed by atoms with E-state index in [1.807, 2.05) is 11.8 Å². The minimum atomic E-state index is 0.0383. The molecule has 1 aromatic rings. The maximum atomic E-state index is 5.88. The van der Waals surface area contributed by atoms with Crippen molar-refractivity contribution in [2.75, 3.05) is 31.8 Å². The van der Waals surface area contributed by atoms with Gasteiger partial charge in [-0.05, 0) is 13.0 Å². The Hall–Kier alpha value is -0.850. The summed E-state index contributed by atoms with van der Waals surface area (Å²) in [6.07, 6.45) is 4.54. The molecule has 19 heavy (non-hydrogen) atoms. The molecular weight excluding hydrogens is 262 g/mol. The van der Waals surface area contributed by atoms with Gasteiger partial charge in [-0.1, -0.05) is 6.92 Å². The second-order valence-electron chi connectivity index (χ2n) is 4.37. The number of thioether (sulfide) groups is 1. The van der Waals surface area contributed by atoms with Gasteiger partial charge in [0.05, 0.1) is 25.9 Å². The van der Waals surface area contributed by atoms with E-state index < -0.39 is 0 Å². The number of hydrogen-bond donors (Lipinski definition) is 1. The zero-order chi connectivity index (χ0) is 13.5. The van der Waals surface area contributed by atoms with Gasteiger partial charge in [-0.3, -0.25) is 4.98 Å². The molecule has 0 amide bonds. The zero-order valence-electron chi connectivity index (χ0n) is 11.5. The van der Waals surface area contributed by atoms with Crippen LogP contribution in [0.2, 0.25) is 0 Å². The molecule has 0 aliphatic carbocycles. The van der Waals surface area contributed by atoms with Crippen molar-refractivity contribution in [3.63, 3.8) is 0 Å². The van der Waals surface area contributed by atoms with Crippen LogP contribution in [-0.4, -0.2) is 47.8 Å². The molecule has 0 spiro atoms. The molecule has 1 aromatic heterocycles. The number of hydrogen-bond acceptors (Lipinski definition) is 6. The summed E-state index contributed by atoms with van der Waals surface area (Å²) in [7, 11) is 1.63. The smallest absolute Gasteiger partial charge is 0.237 e. The highest BCUT2D eigenvalue weighted by Crippen LogP contribution is 2.28. The van der Waals surface area contributed by atoms with Gasteiger partial charge in [0.2, 0.25) is 5.88 Å². The van der Waals surface area contributed by atoms with Crippen LogP contribution in [0.5, 0.6) is 5.88 Å². The van der Waals surface area contributed by atoms with Gasteiger partial charge >= 0.3 is 0 Å². The second kappa shape index (κ2) is 7.67. The van der Waals surface area contributed by atoms with E-state index in [4.69, 9.17) is 9.47 Å². The van der Waals surface area contributed by atoms with E-state index in [1.54, 1.807) is 19.5 Å². The highest BCUT2D eigenvalue weighted by molar-refractivity contribution is 7.99. The largest absolute Gasteiger partial charge is 0.480 e. The number of aromatic nitrogens is 2. The number of methoxy groups -OCH3 is 1. The van der Waals surface area contributed by atoms with Crippen LogP contribution in [0.25, 0.3) is 0 Å². The Morgan fingerprint density at radius 1 is 1.53 bits per heavy atom. The van der Waals surface area contributed by atoms with E-state index in [0.717, 1.165) is 36.8 Å². The zero-order valence-corrected chi connectivity index (χ0v) is 12.3. The molecule has 0 saturated carbocycles. The van der Waals surface area contributed by atoms with Crippen molar-refractivity contribution in [2.24, 2.45) is 0 Å². The molecule has 2 rings (SSSR count). The van der Waals surface area contributed by atoms with Crippen LogP contribution in [-0.2, 0) is 4.74 Å². The first-order valence-electron chi connectivity index (χ1n) is 6.64. The van der Waals surface area contributed by atoms with Gasteiger partial charge < -0.3 is 14.8 Å². The van der Waals surface area contributed by atoms with Gasteiger partial charge in [-0.25, -0.2) is 4.98 Å². The standard InChI is InChI=1S/C13H21N3O2S/c1-3-4-14-11(10-9-19-8-7-18-10)12-13(17-2)16-6-5-15-12/h5-6,10-11,14H,3-4,7-9H2,1-2H3. The van der Waals surface area contributed by atoms with Crippen LogP contribution in [0.3, 0.4) is 0 Å². The third kappa shape index (κ3) is 3.81. The van der Waals surface area contributed by atoms with E-state index in [9.17, 15) is 0 Å². The molecule has 1 N–H and O–H groups in total. The molecule has 1 fully saturated rings. The highest BCUT2D eigenvalue weighted by atomic mass is 32.2. The van der Waals surface area contributed by atoms with Gasteiger partial charge in [0.1, 0.15) is 5.69 Å². The Kier molecular flexibility index (Phi) is 5.88. The average molecular weight is 283 g/mol. The van der Waals surface area contributed by atoms with Crippen molar-refractivity contribution >= 4 is 11.8 Å². The Bertz CT molecular complexity index is 386. The number of nitrogens with one attached hydrogen (secondary N) is 1. The summed E-state index contributed by atoms with van der Waals surface area (Å²) in [5.74, 6) is 2.62. The molecule has 6 heteroatoms. The Morgan fingerprint density at radius 2 is 2.37 bits per heavy atom. The molecular formula is C13H21N3O2S. The van der Waals surface area contributed by atoms with E-state index in [-0.39, 0.29) is 12.1 Å². The lowest BCUT2D eigenvalue weighted by molar-refractivity contribution is 0.0448. The van der Waals surface area contributed by atoms with Crippen molar-refractivity contribution in [2.45, 2.75) is 25.5 Å². The van der Waals surface area contributed by atoms with Crippen LogP contribution < -0.4 is 10.1 Å². The Labute approximate surface area is 118 Å². The quantitative estimate of drug-likeness (QED) is 0.857. The third-order valence-electron chi connectivity index (χ3n) is 3.01. The summed E-state index contributed by atoms with van der Waals surface area (Å²) >= 11 is 1.92. The molecule has 5 nitrogen and oxygen atoms in total. The van der Waals surface area contributed by atoms with Gasteiger partial charge in [0.25, 0.3) is 0 Å². The van der Waals surface area contributed by atoms with Crippen LogP contribution in [0.1, 0.15) is 25.1 Å². The highest BCUT2D eigenvalue weighted by Gasteiger charge is 2.29. The summed E-state index contributed by atoms with van der Waals surface area (Å²) in [6.45, 7) is 3.87. The van der Waals surface area contributed by atoms with Crippen LogP contribution in [0, 0.1) is 0 Å². The van der Waals surface area contributed by atoms with Crippen molar-refractivity contribution in [1.82, 2.24) is 15.3 Å². The average Bonchev–Trinajstić information content (AvgIpc) is 2.49. The lowest BCUT2D eigenvalue weighted by atomic mass is 10.1. The number of nitrogens with zero attached hydrogens (tertiary/aromatic N) is 2.